The molecule has 134 valence electrons. The molecule has 8 heteroatoms. The van der Waals surface area contributed by atoms with Gasteiger partial charge in [0.05, 0.1) is 6.20 Å². The Morgan fingerprint density at radius 3 is 3.16 bits per heavy atom. The number of pyridine rings is 1. The van der Waals surface area contributed by atoms with Gasteiger partial charge in [-0.25, -0.2) is 4.98 Å². The lowest BCUT2D eigenvalue weighted by atomic mass is 10.00. The minimum absolute atomic E-state index is 0.202. The van der Waals surface area contributed by atoms with Crippen LogP contribution in [0.15, 0.2) is 24.5 Å². The summed E-state index contributed by atoms with van der Waals surface area (Å²) in [4.78, 5) is 16.4. The summed E-state index contributed by atoms with van der Waals surface area (Å²) in [5.41, 5.74) is 1.50. The first kappa shape index (κ1) is 17.3. The fourth-order valence-electron chi connectivity index (χ4n) is 2.93. The van der Waals surface area contributed by atoms with Crippen LogP contribution in [0, 0.1) is 12.8 Å². The van der Waals surface area contributed by atoms with Crippen molar-refractivity contribution in [2.75, 3.05) is 31.5 Å². The molecule has 1 aliphatic heterocycles. The molecule has 3 heterocycles. The molecule has 0 saturated carbocycles. The molecule has 0 spiro atoms. The molecule has 0 radical (unpaired) electrons. The average molecular weight is 343 g/mol. The number of carbonyl (C=O) groups is 1. The van der Waals surface area contributed by atoms with E-state index in [9.17, 15) is 4.79 Å². The lowest BCUT2D eigenvalue weighted by Crippen LogP contribution is -2.32. The number of nitrogens with zero attached hydrogens (tertiary/aromatic N) is 4. The van der Waals surface area contributed by atoms with Gasteiger partial charge in [-0.05, 0) is 56.5 Å². The van der Waals surface area contributed by atoms with E-state index in [1.165, 1.54) is 12.8 Å². The molecule has 25 heavy (non-hydrogen) atoms. The highest BCUT2D eigenvalue weighted by Gasteiger charge is 2.16. The van der Waals surface area contributed by atoms with Crippen molar-refractivity contribution < 1.29 is 4.79 Å². The second kappa shape index (κ2) is 8.57. The van der Waals surface area contributed by atoms with Crippen LogP contribution in [0.25, 0.3) is 0 Å². The lowest BCUT2D eigenvalue weighted by Gasteiger charge is -2.22. The Morgan fingerprint density at radius 1 is 1.44 bits per heavy atom. The summed E-state index contributed by atoms with van der Waals surface area (Å²) in [5, 5.41) is 17.5. The van der Waals surface area contributed by atoms with Crippen molar-refractivity contribution in [1.29, 1.82) is 0 Å². The predicted octanol–water partition coefficient (Wildman–Crippen LogP) is 0.823. The first-order valence-corrected chi connectivity index (χ1v) is 8.76. The van der Waals surface area contributed by atoms with Crippen molar-refractivity contribution in [3.63, 3.8) is 0 Å². The predicted molar refractivity (Wildman–Crippen MR) is 95.4 cm³/mol. The number of amides is 1. The molecule has 1 aliphatic rings. The van der Waals surface area contributed by atoms with Crippen molar-refractivity contribution in [3.05, 3.63) is 35.8 Å². The summed E-state index contributed by atoms with van der Waals surface area (Å²) < 4.78 is 1.77. The Bertz CT molecular complexity index is 694. The molecule has 1 fully saturated rings. The molecule has 1 atom stereocenters. The molecule has 8 nitrogen and oxygen atoms in total. The number of carbonyl (C=O) groups excluding carboxylic acids is 1. The van der Waals surface area contributed by atoms with Gasteiger partial charge in [0, 0.05) is 25.8 Å². The summed E-state index contributed by atoms with van der Waals surface area (Å²) in [7, 11) is 0. The topological polar surface area (TPSA) is 96.8 Å². The summed E-state index contributed by atoms with van der Waals surface area (Å²) in [6.07, 6.45) is 5.86. The van der Waals surface area contributed by atoms with E-state index in [0.717, 1.165) is 31.0 Å². The lowest BCUT2D eigenvalue weighted by molar-refractivity contribution is 0.0950. The molecule has 3 N–H and O–H groups in total. The van der Waals surface area contributed by atoms with Gasteiger partial charge in [0.25, 0.3) is 5.91 Å². The number of aryl methyl sites for hydroxylation is 1. The molecular weight excluding hydrogens is 318 g/mol. The summed E-state index contributed by atoms with van der Waals surface area (Å²) in [6, 6.07) is 3.91. The van der Waals surface area contributed by atoms with Gasteiger partial charge in [-0.3, -0.25) is 9.48 Å². The zero-order valence-electron chi connectivity index (χ0n) is 14.5. The zero-order valence-corrected chi connectivity index (χ0v) is 14.5. The maximum atomic E-state index is 12.1. The van der Waals surface area contributed by atoms with Crippen LogP contribution in [0.3, 0.4) is 0 Å². The van der Waals surface area contributed by atoms with E-state index in [-0.39, 0.29) is 5.91 Å². The Labute approximate surface area is 147 Å². The van der Waals surface area contributed by atoms with Crippen LogP contribution >= 0.6 is 0 Å². The van der Waals surface area contributed by atoms with Crippen molar-refractivity contribution in [2.24, 2.45) is 5.92 Å². The summed E-state index contributed by atoms with van der Waals surface area (Å²) in [5.74, 6) is 1.16. The Kier molecular flexibility index (Phi) is 5.95. The number of anilines is 1. The highest BCUT2D eigenvalue weighted by Crippen LogP contribution is 2.12. The maximum absolute atomic E-state index is 12.1. The first-order chi connectivity index (χ1) is 12.2. The largest absolute Gasteiger partial charge is 0.368 e. The monoisotopic (exact) mass is 343 g/mol. The number of piperidine rings is 1. The van der Waals surface area contributed by atoms with Crippen molar-refractivity contribution in [2.45, 2.75) is 26.3 Å². The Balaban J connectivity index is 1.40. The first-order valence-electron chi connectivity index (χ1n) is 8.76. The van der Waals surface area contributed by atoms with Gasteiger partial charge in [0.2, 0.25) is 0 Å². The highest BCUT2D eigenvalue weighted by atomic mass is 16.2. The third kappa shape index (κ3) is 5.25. The molecule has 0 bridgehead atoms. The van der Waals surface area contributed by atoms with Crippen LogP contribution in [0.5, 0.6) is 0 Å². The third-order valence-corrected chi connectivity index (χ3v) is 4.25. The van der Waals surface area contributed by atoms with E-state index in [0.29, 0.717) is 24.7 Å². The fraction of sp³-hybridized carbons (Fsp3) is 0.529. The zero-order chi connectivity index (χ0) is 17.5. The SMILES string of the molecule is Cc1ccnc(NCCNC(=O)c2cn(CC3CCCNC3)nn2)c1. The fourth-order valence-corrected chi connectivity index (χ4v) is 2.93. The third-order valence-electron chi connectivity index (χ3n) is 4.25. The van der Waals surface area contributed by atoms with Crippen LogP contribution in [0.2, 0.25) is 0 Å². The molecule has 1 amide bonds. The normalized spacial score (nSPS) is 17.2. The van der Waals surface area contributed by atoms with Gasteiger partial charge in [0.15, 0.2) is 5.69 Å². The van der Waals surface area contributed by atoms with Gasteiger partial charge < -0.3 is 16.0 Å². The maximum Gasteiger partial charge on any atom is 0.273 e. The second-order valence-electron chi connectivity index (χ2n) is 6.44. The Morgan fingerprint density at radius 2 is 2.36 bits per heavy atom. The molecule has 2 aromatic rings. The van der Waals surface area contributed by atoms with E-state index < -0.39 is 0 Å². The number of hydrogen-bond donors (Lipinski definition) is 3. The van der Waals surface area contributed by atoms with Gasteiger partial charge >= 0.3 is 0 Å². The minimum Gasteiger partial charge on any atom is -0.368 e. The van der Waals surface area contributed by atoms with Crippen LogP contribution in [0.4, 0.5) is 5.82 Å². The van der Waals surface area contributed by atoms with Crippen molar-refractivity contribution in [3.8, 4) is 0 Å². The molecular formula is C17H25N7O. The van der Waals surface area contributed by atoms with Gasteiger partial charge in [-0.2, -0.15) is 0 Å². The Hall–Kier alpha value is -2.48. The van der Waals surface area contributed by atoms with Crippen LogP contribution in [0.1, 0.15) is 28.9 Å². The molecule has 1 unspecified atom stereocenters. The number of aromatic nitrogens is 4. The van der Waals surface area contributed by atoms with E-state index in [2.05, 4.69) is 31.2 Å². The smallest absolute Gasteiger partial charge is 0.273 e. The van der Waals surface area contributed by atoms with E-state index in [1.807, 2.05) is 19.1 Å². The van der Waals surface area contributed by atoms with E-state index in [1.54, 1.807) is 17.1 Å². The average Bonchev–Trinajstić information content (AvgIpc) is 3.08. The molecule has 1 saturated heterocycles. The number of hydrogen-bond acceptors (Lipinski definition) is 6. The van der Waals surface area contributed by atoms with E-state index in [4.69, 9.17) is 0 Å². The standard InChI is InChI=1S/C17H25N7O/c1-13-4-6-19-16(9-13)20-7-8-21-17(25)15-12-24(23-22-15)11-14-3-2-5-18-10-14/h4,6,9,12,14,18H,2-3,5,7-8,10-11H2,1H3,(H,19,20)(H,21,25). The summed E-state index contributed by atoms with van der Waals surface area (Å²) >= 11 is 0. The van der Waals surface area contributed by atoms with Gasteiger partial charge in [-0.1, -0.05) is 5.21 Å². The van der Waals surface area contributed by atoms with Crippen molar-refractivity contribution in [1.82, 2.24) is 30.6 Å². The number of rotatable bonds is 7. The summed E-state index contributed by atoms with van der Waals surface area (Å²) in [6.45, 7) is 6.00. The number of nitrogens with one attached hydrogen (secondary N) is 3. The molecule has 3 rings (SSSR count). The quantitative estimate of drug-likeness (QED) is 0.644. The molecule has 2 aromatic heterocycles. The molecule has 0 aromatic carbocycles. The highest BCUT2D eigenvalue weighted by molar-refractivity contribution is 5.91. The minimum atomic E-state index is -0.202. The van der Waals surface area contributed by atoms with Gasteiger partial charge in [0.1, 0.15) is 5.82 Å². The van der Waals surface area contributed by atoms with Crippen LogP contribution in [-0.2, 0) is 6.54 Å². The van der Waals surface area contributed by atoms with Crippen LogP contribution in [-0.4, -0.2) is 52.1 Å². The van der Waals surface area contributed by atoms with Crippen LogP contribution < -0.4 is 16.0 Å². The van der Waals surface area contributed by atoms with Crippen molar-refractivity contribution >= 4 is 11.7 Å². The van der Waals surface area contributed by atoms with E-state index >= 15 is 0 Å². The molecule has 0 aliphatic carbocycles. The van der Waals surface area contributed by atoms with Gasteiger partial charge in [-0.15, -0.1) is 5.10 Å². The second-order valence-corrected chi connectivity index (χ2v) is 6.44.